The van der Waals surface area contributed by atoms with Gasteiger partial charge in [-0.2, -0.15) is 0 Å². The molecule has 126 valence electrons. The van der Waals surface area contributed by atoms with Crippen LogP contribution in [-0.2, 0) is 4.79 Å². The monoisotopic (exact) mass is 333 g/mol. The Balaban J connectivity index is 1.83. The van der Waals surface area contributed by atoms with Crippen molar-refractivity contribution in [2.24, 2.45) is 11.7 Å². The summed E-state index contributed by atoms with van der Waals surface area (Å²) in [6.07, 6.45) is 5.25. The highest BCUT2D eigenvalue weighted by Gasteiger charge is 2.26. The average Bonchev–Trinajstić information content (AvgIpc) is 2.68. The van der Waals surface area contributed by atoms with Gasteiger partial charge in [0.15, 0.2) is 5.82 Å². The van der Waals surface area contributed by atoms with Gasteiger partial charge in [-0.05, 0) is 37.1 Å². The molecule has 1 aromatic carbocycles. The van der Waals surface area contributed by atoms with E-state index in [1.807, 2.05) is 36.4 Å². The summed E-state index contributed by atoms with van der Waals surface area (Å²) in [5, 5.41) is 0.986. The second-order valence-corrected chi connectivity index (χ2v) is 6.32. The minimum Gasteiger partial charge on any atom is -0.369 e. The number of nitrogens with two attached hydrogens (primary N) is 1. The summed E-state index contributed by atoms with van der Waals surface area (Å²) in [6, 6.07) is 11.8. The second kappa shape index (κ2) is 6.47. The summed E-state index contributed by atoms with van der Waals surface area (Å²) in [6.45, 7) is 1.46. The van der Waals surface area contributed by atoms with Gasteiger partial charge in [0, 0.05) is 36.4 Å². The van der Waals surface area contributed by atoms with Gasteiger partial charge in [-0.15, -0.1) is 0 Å². The van der Waals surface area contributed by atoms with Gasteiger partial charge in [-0.1, -0.05) is 12.1 Å². The quantitative estimate of drug-likeness (QED) is 0.795. The molecule has 25 heavy (non-hydrogen) atoms. The number of para-hydroxylation sites is 1. The SMILES string of the molecule is NC(=O)C1CCCN(c2nc(-c3cccnc3)nc3ccccc23)C1. The molecule has 6 heteroatoms. The Labute approximate surface area is 145 Å². The van der Waals surface area contributed by atoms with Crippen LogP contribution >= 0.6 is 0 Å². The van der Waals surface area contributed by atoms with Gasteiger partial charge in [-0.3, -0.25) is 9.78 Å². The topological polar surface area (TPSA) is 85.0 Å². The smallest absolute Gasteiger partial charge is 0.222 e. The lowest BCUT2D eigenvalue weighted by Gasteiger charge is -2.32. The molecule has 4 rings (SSSR count). The van der Waals surface area contributed by atoms with Crippen LogP contribution in [0.1, 0.15) is 12.8 Å². The molecule has 0 spiro atoms. The van der Waals surface area contributed by atoms with Gasteiger partial charge in [0.1, 0.15) is 5.82 Å². The summed E-state index contributed by atoms with van der Waals surface area (Å²) in [5.74, 6) is 1.12. The standard InChI is InChI=1S/C19H19N5O/c20-17(25)14-6-4-10-24(12-14)19-15-7-1-2-8-16(15)22-18(23-19)13-5-3-9-21-11-13/h1-3,5,7-9,11,14H,4,6,10,12H2,(H2,20,25). The maximum absolute atomic E-state index is 11.6. The van der Waals surface area contributed by atoms with Crippen LogP contribution in [0.25, 0.3) is 22.3 Å². The molecule has 0 saturated carbocycles. The van der Waals surface area contributed by atoms with Gasteiger partial charge >= 0.3 is 0 Å². The Hall–Kier alpha value is -3.02. The van der Waals surface area contributed by atoms with E-state index < -0.39 is 0 Å². The molecule has 3 aromatic rings. The van der Waals surface area contributed by atoms with Crippen molar-refractivity contribution in [1.29, 1.82) is 0 Å². The number of carbonyl (C=O) groups excluding carboxylic acids is 1. The Morgan fingerprint density at radius 1 is 1.16 bits per heavy atom. The molecule has 6 nitrogen and oxygen atoms in total. The number of amides is 1. The molecule has 0 radical (unpaired) electrons. The van der Waals surface area contributed by atoms with E-state index >= 15 is 0 Å². The summed E-state index contributed by atoms with van der Waals surface area (Å²) >= 11 is 0. The van der Waals surface area contributed by atoms with Crippen LogP contribution in [-0.4, -0.2) is 33.9 Å². The van der Waals surface area contributed by atoms with Crippen LogP contribution < -0.4 is 10.6 Å². The maximum atomic E-state index is 11.6. The molecule has 2 N–H and O–H groups in total. The third-order valence-electron chi connectivity index (χ3n) is 4.63. The largest absolute Gasteiger partial charge is 0.369 e. The first kappa shape index (κ1) is 15.5. The van der Waals surface area contributed by atoms with Crippen molar-refractivity contribution < 1.29 is 4.79 Å². The maximum Gasteiger partial charge on any atom is 0.222 e. The Morgan fingerprint density at radius 2 is 2.04 bits per heavy atom. The van der Waals surface area contributed by atoms with Crippen molar-refractivity contribution >= 4 is 22.6 Å². The number of rotatable bonds is 3. The highest BCUT2D eigenvalue weighted by Crippen LogP contribution is 2.30. The predicted octanol–water partition coefficient (Wildman–Crippen LogP) is 2.39. The summed E-state index contributed by atoms with van der Waals surface area (Å²) in [4.78, 5) is 27.5. The van der Waals surface area contributed by atoms with E-state index in [0.717, 1.165) is 41.7 Å². The zero-order valence-electron chi connectivity index (χ0n) is 13.8. The molecule has 1 atom stereocenters. The van der Waals surface area contributed by atoms with Gasteiger partial charge < -0.3 is 10.6 Å². The van der Waals surface area contributed by atoms with E-state index in [1.165, 1.54) is 0 Å². The number of primary amides is 1. The van der Waals surface area contributed by atoms with Crippen LogP contribution in [0.4, 0.5) is 5.82 Å². The number of piperidine rings is 1. The number of benzene rings is 1. The first-order valence-electron chi connectivity index (χ1n) is 8.44. The van der Waals surface area contributed by atoms with Crippen molar-refractivity contribution in [2.45, 2.75) is 12.8 Å². The van der Waals surface area contributed by atoms with Gasteiger partial charge in [0.25, 0.3) is 0 Å². The summed E-state index contributed by atoms with van der Waals surface area (Å²) in [7, 11) is 0. The van der Waals surface area contributed by atoms with E-state index in [1.54, 1.807) is 12.4 Å². The first-order valence-corrected chi connectivity index (χ1v) is 8.44. The molecule has 2 aromatic heterocycles. The summed E-state index contributed by atoms with van der Waals surface area (Å²) < 4.78 is 0. The number of aromatic nitrogens is 3. The van der Waals surface area contributed by atoms with E-state index in [4.69, 9.17) is 10.7 Å². The molecule has 0 bridgehead atoms. The van der Waals surface area contributed by atoms with Crippen LogP contribution in [0.3, 0.4) is 0 Å². The number of hydrogen-bond acceptors (Lipinski definition) is 5. The van der Waals surface area contributed by atoms with Crippen LogP contribution in [0, 0.1) is 5.92 Å². The highest BCUT2D eigenvalue weighted by molar-refractivity contribution is 5.91. The van der Waals surface area contributed by atoms with Crippen LogP contribution in [0.15, 0.2) is 48.8 Å². The number of carbonyl (C=O) groups is 1. The fourth-order valence-corrected chi connectivity index (χ4v) is 3.33. The number of hydrogen-bond donors (Lipinski definition) is 1. The van der Waals surface area contributed by atoms with Gasteiger partial charge in [0.05, 0.1) is 11.4 Å². The molecule has 1 saturated heterocycles. The zero-order chi connectivity index (χ0) is 17.2. The predicted molar refractivity (Wildman–Crippen MR) is 96.9 cm³/mol. The van der Waals surface area contributed by atoms with Gasteiger partial charge in [-0.25, -0.2) is 9.97 Å². The Morgan fingerprint density at radius 3 is 2.84 bits per heavy atom. The molecule has 1 unspecified atom stereocenters. The normalized spacial score (nSPS) is 17.6. The molecular weight excluding hydrogens is 314 g/mol. The lowest BCUT2D eigenvalue weighted by molar-refractivity contribution is -0.122. The number of pyridine rings is 1. The highest BCUT2D eigenvalue weighted by atomic mass is 16.1. The number of nitrogens with zero attached hydrogens (tertiary/aromatic N) is 4. The molecule has 1 aliphatic heterocycles. The lowest BCUT2D eigenvalue weighted by atomic mass is 9.97. The fraction of sp³-hybridized carbons (Fsp3) is 0.263. The minimum atomic E-state index is -0.240. The third-order valence-corrected chi connectivity index (χ3v) is 4.63. The molecule has 1 aliphatic rings. The van der Waals surface area contributed by atoms with Crippen molar-refractivity contribution in [2.75, 3.05) is 18.0 Å². The molecule has 3 heterocycles. The van der Waals surface area contributed by atoms with E-state index in [9.17, 15) is 4.79 Å². The zero-order valence-corrected chi connectivity index (χ0v) is 13.8. The average molecular weight is 333 g/mol. The van der Waals surface area contributed by atoms with E-state index in [-0.39, 0.29) is 11.8 Å². The van der Waals surface area contributed by atoms with Crippen molar-refractivity contribution in [3.8, 4) is 11.4 Å². The third kappa shape index (κ3) is 3.03. The van der Waals surface area contributed by atoms with Crippen molar-refractivity contribution in [3.05, 3.63) is 48.8 Å². The molecular formula is C19H19N5O. The van der Waals surface area contributed by atoms with E-state index in [0.29, 0.717) is 12.4 Å². The molecule has 1 amide bonds. The molecule has 0 aliphatic carbocycles. The minimum absolute atomic E-state index is 0.135. The summed E-state index contributed by atoms with van der Waals surface area (Å²) in [5.41, 5.74) is 7.29. The number of anilines is 1. The van der Waals surface area contributed by atoms with E-state index in [2.05, 4.69) is 14.9 Å². The fourth-order valence-electron chi connectivity index (χ4n) is 3.33. The first-order chi connectivity index (χ1) is 12.2. The van der Waals surface area contributed by atoms with Crippen molar-refractivity contribution in [3.63, 3.8) is 0 Å². The Bertz CT molecular complexity index is 912. The molecule has 1 fully saturated rings. The lowest BCUT2D eigenvalue weighted by Crippen LogP contribution is -2.41. The second-order valence-electron chi connectivity index (χ2n) is 6.32. The Kier molecular flexibility index (Phi) is 4.01. The van der Waals surface area contributed by atoms with Gasteiger partial charge in [0.2, 0.25) is 5.91 Å². The van der Waals surface area contributed by atoms with Crippen LogP contribution in [0.2, 0.25) is 0 Å². The van der Waals surface area contributed by atoms with Crippen molar-refractivity contribution in [1.82, 2.24) is 15.0 Å². The van der Waals surface area contributed by atoms with Crippen LogP contribution in [0.5, 0.6) is 0 Å². The number of fused-ring (bicyclic) bond motifs is 1.